The van der Waals surface area contributed by atoms with E-state index in [-0.39, 0.29) is 11.4 Å². The Bertz CT molecular complexity index is 984. The fourth-order valence-electron chi connectivity index (χ4n) is 3.68. The first-order valence-corrected chi connectivity index (χ1v) is 9.78. The van der Waals surface area contributed by atoms with Crippen molar-refractivity contribution in [1.82, 2.24) is 19.9 Å². The van der Waals surface area contributed by atoms with Gasteiger partial charge in [0.1, 0.15) is 11.5 Å². The van der Waals surface area contributed by atoms with Crippen LogP contribution in [0.15, 0.2) is 42.7 Å². The predicted octanol–water partition coefficient (Wildman–Crippen LogP) is 3.22. The number of hydrogen-bond acceptors (Lipinski definition) is 7. The highest BCUT2D eigenvalue weighted by Gasteiger charge is 2.23. The second-order valence-electron chi connectivity index (χ2n) is 7.35. The minimum absolute atomic E-state index is 0.0665. The van der Waals surface area contributed by atoms with Crippen molar-refractivity contribution in [2.45, 2.75) is 26.2 Å². The Morgan fingerprint density at radius 2 is 1.76 bits per heavy atom. The number of aryl methyl sites for hydroxylation is 1. The first-order valence-electron chi connectivity index (χ1n) is 9.78. The summed E-state index contributed by atoms with van der Waals surface area (Å²) in [5.74, 6) is 1.67. The number of anilines is 1. The molecule has 3 aromatic rings. The summed E-state index contributed by atoms with van der Waals surface area (Å²) in [6, 6.07) is 10.1. The summed E-state index contributed by atoms with van der Waals surface area (Å²) < 4.78 is 0. The van der Waals surface area contributed by atoms with E-state index in [0.29, 0.717) is 30.1 Å². The van der Waals surface area contributed by atoms with Crippen LogP contribution in [0, 0.1) is 12.8 Å². The van der Waals surface area contributed by atoms with E-state index >= 15 is 0 Å². The molecular weight excluding hydrogens is 366 g/mol. The van der Waals surface area contributed by atoms with Gasteiger partial charge in [-0.15, -0.1) is 0 Å². The molecule has 0 bridgehead atoms. The Labute approximate surface area is 169 Å². The lowest BCUT2D eigenvalue weighted by Gasteiger charge is -2.31. The second kappa shape index (κ2) is 8.34. The number of aromatic hydroxyl groups is 1. The van der Waals surface area contributed by atoms with Crippen molar-refractivity contribution in [3.63, 3.8) is 0 Å². The fraction of sp³-hybridized carbons (Fsp3) is 0.318. The molecule has 1 aliphatic heterocycles. The molecule has 0 spiro atoms. The molecule has 0 amide bonds. The average Bonchev–Trinajstić information content (AvgIpc) is 2.77. The van der Waals surface area contributed by atoms with Crippen LogP contribution in [-0.2, 0) is 6.42 Å². The number of hydrogen-bond donors (Lipinski definition) is 1. The van der Waals surface area contributed by atoms with Crippen LogP contribution >= 0.6 is 0 Å². The highest BCUT2D eigenvalue weighted by molar-refractivity contribution is 5.76. The molecule has 0 saturated carbocycles. The molecule has 0 radical (unpaired) electrons. The van der Waals surface area contributed by atoms with Crippen LogP contribution in [-0.4, -0.2) is 44.4 Å². The van der Waals surface area contributed by atoms with Gasteiger partial charge in [0.25, 0.3) is 0 Å². The minimum Gasteiger partial charge on any atom is -0.504 e. The van der Waals surface area contributed by atoms with E-state index in [1.807, 2.05) is 42.7 Å². The van der Waals surface area contributed by atoms with Gasteiger partial charge in [0.15, 0.2) is 12.0 Å². The van der Waals surface area contributed by atoms with Crippen molar-refractivity contribution in [3.8, 4) is 16.9 Å². The molecule has 1 fully saturated rings. The number of carbonyl (C=O) groups excluding carboxylic acids is 1. The van der Waals surface area contributed by atoms with Gasteiger partial charge in [-0.05, 0) is 31.2 Å². The van der Waals surface area contributed by atoms with E-state index < -0.39 is 0 Å². The van der Waals surface area contributed by atoms with E-state index in [1.54, 1.807) is 6.92 Å². The van der Waals surface area contributed by atoms with Crippen molar-refractivity contribution in [2.24, 2.45) is 5.92 Å². The standard InChI is InChI=1S/C22H23N5O2/c1-15-21(29)19(14-28)26-20(25-15)11-16-7-9-27(10-8-16)22-23-12-18(13-24-22)17-5-3-2-4-6-17/h2-6,12-14,16,29H,7-11H2,1H3. The molecule has 1 N–H and O–H groups in total. The van der Waals surface area contributed by atoms with Crippen molar-refractivity contribution < 1.29 is 9.90 Å². The Balaban J connectivity index is 1.37. The smallest absolute Gasteiger partial charge is 0.225 e. The van der Waals surface area contributed by atoms with Crippen molar-refractivity contribution in [1.29, 1.82) is 0 Å². The van der Waals surface area contributed by atoms with Crippen LogP contribution in [0.3, 0.4) is 0 Å². The lowest BCUT2D eigenvalue weighted by molar-refractivity contribution is 0.111. The summed E-state index contributed by atoms with van der Waals surface area (Å²) in [7, 11) is 0. The van der Waals surface area contributed by atoms with E-state index in [4.69, 9.17) is 0 Å². The van der Waals surface area contributed by atoms with Crippen LogP contribution in [0.25, 0.3) is 11.1 Å². The van der Waals surface area contributed by atoms with Gasteiger partial charge >= 0.3 is 0 Å². The normalized spacial score (nSPS) is 14.7. The quantitative estimate of drug-likeness (QED) is 0.670. The summed E-state index contributed by atoms with van der Waals surface area (Å²) in [6.07, 6.45) is 6.97. The zero-order chi connectivity index (χ0) is 20.2. The monoisotopic (exact) mass is 389 g/mol. The Morgan fingerprint density at radius 1 is 1.07 bits per heavy atom. The first-order chi connectivity index (χ1) is 14.1. The number of benzene rings is 1. The third-order valence-corrected chi connectivity index (χ3v) is 5.36. The average molecular weight is 389 g/mol. The molecule has 2 aromatic heterocycles. The highest BCUT2D eigenvalue weighted by atomic mass is 16.3. The number of piperidine rings is 1. The fourth-order valence-corrected chi connectivity index (χ4v) is 3.68. The molecule has 0 aliphatic carbocycles. The zero-order valence-corrected chi connectivity index (χ0v) is 16.3. The molecule has 3 heterocycles. The molecule has 1 aliphatic rings. The SMILES string of the molecule is Cc1nc(CC2CCN(c3ncc(-c4ccccc4)cn3)CC2)nc(C=O)c1O. The number of carbonyl (C=O) groups is 1. The lowest BCUT2D eigenvalue weighted by Crippen LogP contribution is -2.35. The maximum absolute atomic E-state index is 11.1. The summed E-state index contributed by atoms with van der Waals surface area (Å²) in [4.78, 5) is 30.9. The highest BCUT2D eigenvalue weighted by Crippen LogP contribution is 2.25. The van der Waals surface area contributed by atoms with E-state index in [0.717, 1.165) is 43.0 Å². The van der Waals surface area contributed by atoms with Crippen LogP contribution in [0.5, 0.6) is 5.75 Å². The molecule has 4 rings (SSSR count). The van der Waals surface area contributed by atoms with E-state index in [2.05, 4.69) is 24.8 Å². The van der Waals surface area contributed by atoms with E-state index in [9.17, 15) is 9.90 Å². The largest absolute Gasteiger partial charge is 0.504 e. The molecule has 1 saturated heterocycles. The van der Waals surface area contributed by atoms with Gasteiger partial charge in [-0.25, -0.2) is 19.9 Å². The predicted molar refractivity (Wildman–Crippen MR) is 110 cm³/mol. The minimum atomic E-state index is -0.130. The van der Waals surface area contributed by atoms with Gasteiger partial charge < -0.3 is 10.0 Å². The zero-order valence-electron chi connectivity index (χ0n) is 16.3. The van der Waals surface area contributed by atoms with Crippen LogP contribution in [0.1, 0.15) is 34.8 Å². The number of aldehydes is 1. The number of rotatable bonds is 5. The topological polar surface area (TPSA) is 92.1 Å². The molecule has 1 aromatic carbocycles. The molecule has 29 heavy (non-hydrogen) atoms. The van der Waals surface area contributed by atoms with Gasteiger partial charge in [0.05, 0.1) is 5.69 Å². The van der Waals surface area contributed by atoms with Gasteiger partial charge in [-0.2, -0.15) is 0 Å². The molecule has 148 valence electrons. The van der Waals surface area contributed by atoms with Crippen molar-refractivity contribution >= 4 is 12.2 Å². The van der Waals surface area contributed by atoms with Crippen molar-refractivity contribution in [3.05, 3.63) is 59.9 Å². The Hall–Kier alpha value is -3.35. The number of nitrogens with zero attached hydrogens (tertiary/aromatic N) is 5. The van der Waals surface area contributed by atoms with Crippen LogP contribution < -0.4 is 4.90 Å². The summed E-state index contributed by atoms with van der Waals surface area (Å²) in [5.41, 5.74) is 2.63. The van der Waals surface area contributed by atoms with Gasteiger partial charge in [0.2, 0.25) is 5.95 Å². The second-order valence-corrected chi connectivity index (χ2v) is 7.35. The maximum atomic E-state index is 11.1. The van der Waals surface area contributed by atoms with E-state index in [1.165, 1.54) is 0 Å². The van der Waals surface area contributed by atoms with Crippen LogP contribution in [0.2, 0.25) is 0 Å². The van der Waals surface area contributed by atoms with Gasteiger partial charge in [0, 0.05) is 37.5 Å². The van der Waals surface area contributed by atoms with Gasteiger partial charge in [-0.3, -0.25) is 4.79 Å². The first kappa shape index (κ1) is 19.0. The lowest BCUT2D eigenvalue weighted by atomic mass is 9.93. The molecule has 7 nitrogen and oxygen atoms in total. The van der Waals surface area contributed by atoms with Crippen molar-refractivity contribution in [2.75, 3.05) is 18.0 Å². The van der Waals surface area contributed by atoms with Gasteiger partial charge in [-0.1, -0.05) is 30.3 Å². The summed E-state index contributed by atoms with van der Waals surface area (Å²) in [6.45, 7) is 3.42. The summed E-state index contributed by atoms with van der Waals surface area (Å²) >= 11 is 0. The third kappa shape index (κ3) is 4.23. The Kier molecular flexibility index (Phi) is 5.46. The number of aromatic nitrogens is 4. The molecule has 7 heteroatoms. The molecular formula is C22H23N5O2. The summed E-state index contributed by atoms with van der Waals surface area (Å²) in [5, 5.41) is 9.80. The third-order valence-electron chi connectivity index (χ3n) is 5.36. The van der Waals surface area contributed by atoms with Crippen LogP contribution in [0.4, 0.5) is 5.95 Å². The maximum Gasteiger partial charge on any atom is 0.225 e. The Morgan fingerprint density at radius 3 is 2.41 bits per heavy atom. The molecule has 0 unspecified atom stereocenters. The molecule has 0 atom stereocenters.